The Balaban J connectivity index is 1.37. The maximum atomic E-state index is 13.6. The normalized spacial score (nSPS) is 25.9. The van der Waals surface area contributed by atoms with Gasteiger partial charge in [-0.25, -0.2) is 0 Å². The van der Waals surface area contributed by atoms with Gasteiger partial charge in [0.2, 0.25) is 11.8 Å². The number of benzene rings is 2. The maximum Gasteiger partial charge on any atom is 0.238 e. The van der Waals surface area contributed by atoms with Crippen LogP contribution < -0.4 is 4.90 Å². The van der Waals surface area contributed by atoms with E-state index in [9.17, 15) is 14.7 Å². The number of phenolic OH excluding ortho intramolecular Hbond substituents is 1. The van der Waals surface area contributed by atoms with Crippen LogP contribution in [-0.2, 0) is 14.3 Å². The highest BCUT2D eigenvalue weighted by Gasteiger charge is 2.57. The van der Waals surface area contributed by atoms with E-state index in [1.165, 1.54) is 21.6 Å². The summed E-state index contributed by atoms with van der Waals surface area (Å²) in [6.07, 6.45) is 7.56. The molecule has 1 N–H and O–H groups in total. The number of imide groups is 1. The number of hydrogen-bond donors (Lipinski definition) is 1. The number of fused-ring (bicyclic) bond motifs is 3. The fourth-order valence-electron chi connectivity index (χ4n) is 6.32. The molecule has 0 bridgehead atoms. The summed E-state index contributed by atoms with van der Waals surface area (Å²) in [6, 6.07) is 16.6. The van der Waals surface area contributed by atoms with Crippen molar-refractivity contribution in [1.82, 2.24) is 0 Å². The predicted octanol–water partition coefficient (Wildman–Crippen LogP) is 6.29. The fraction of sp³-hybridized carbons (Fsp3) is 0.419. The zero-order valence-corrected chi connectivity index (χ0v) is 21.2. The van der Waals surface area contributed by atoms with Crippen LogP contribution in [0.1, 0.15) is 57.9 Å². The van der Waals surface area contributed by atoms with Crippen molar-refractivity contribution in [2.24, 2.45) is 17.8 Å². The number of allylic oxidation sites excluding steroid dienone is 2. The summed E-state index contributed by atoms with van der Waals surface area (Å²) < 4.78 is 6.37. The van der Waals surface area contributed by atoms with Gasteiger partial charge in [-0.1, -0.05) is 67.8 Å². The number of carbonyl (C=O) groups is 2. The van der Waals surface area contributed by atoms with Crippen LogP contribution >= 0.6 is 0 Å². The van der Waals surface area contributed by atoms with E-state index in [1.807, 2.05) is 42.5 Å². The number of phenols is 1. The lowest BCUT2D eigenvalue weighted by Crippen LogP contribution is -2.34. The summed E-state index contributed by atoms with van der Waals surface area (Å²) in [5, 5.41) is 9.56. The van der Waals surface area contributed by atoms with Crippen molar-refractivity contribution in [3.05, 3.63) is 76.9 Å². The summed E-state index contributed by atoms with van der Waals surface area (Å²) in [5.41, 5.74) is 5.72. The minimum Gasteiger partial charge on any atom is -0.508 e. The van der Waals surface area contributed by atoms with Crippen molar-refractivity contribution in [3.63, 3.8) is 0 Å². The molecule has 0 saturated carbocycles. The van der Waals surface area contributed by atoms with Crippen molar-refractivity contribution in [3.8, 4) is 5.75 Å². The fourth-order valence-corrected chi connectivity index (χ4v) is 6.32. The number of hydrogen-bond acceptors (Lipinski definition) is 4. The molecular formula is C31H35NO4. The summed E-state index contributed by atoms with van der Waals surface area (Å²) in [6.45, 7) is 4.85. The lowest BCUT2D eigenvalue weighted by atomic mass is 9.68. The Morgan fingerprint density at radius 1 is 1.03 bits per heavy atom. The van der Waals surface area contributed by atoms with Crippen LogP contribution in [0.3, 0.4) is 0 Å². The van der Waals surface area contributed by atoms with Crippen molar-refractivity contribution >= 4 is 23.6 Å². The van der Waals surface area contributed by atoms with Gasteiger partial charge < -0.3 is 9.84 Å². The second kappa shape index (κ2) is 10.4. The summed E-state index contributed by atoms with van der Waals surface area (Å²) in [4.78, 5) is 28.5. The number of aromatic hydroxyl groups is 1. The molecule has 2 aromatic carbocycles. The van der Waals surface area contributed by atoms with Gasteiger partial charge in [0.15, 0.2) is 0 Å². The van der Waals surface area contributed by atoms with Crippen LogP contribution in [-0.4, -0.2) is 29.6 Å². The van der Waals surface area contributed by atoms with Crippen LogP contribution in [0.25, 0.3) is 6.08 Å². The second-order valence-corrected chi connectivity index (χ2v) is 10.2. The van der Waals surface area contributed by atoms with Crippen LogP contribution in [0.4, 0.5) is 5.69 Å². The predicted molar refractivity (Wildman–Crippen MR) is 141 cm³/mol. The first-order chi connectivity index (χ1) is 17.5. The smallest absolute Gasteiger partial charge is 0.238 e. The van der Waals surface area contributed by atoms with Gasteiger partial charge in [-0.05, 0) is 67.5 Å². The lowest BCUT2D eigenvalue weighted by molar-refractivity contribution is -0.122. The van der Waals surface area contributed by atoms with Gasteiger partial charge in [-0.2, -0.15) is 0 Å². The second-order valence-electron chi connectivity index (χ2n) is 10.2. The number of anilines is 1. The molecule has 3 aliphatic rings. The van der Waals surface area contributed by atoms with Gasteiger partial charge in [0.1, 0.15) is 5.75 Å². The average molecular weight is 486 g/mol. The van der Waals surface area contributed by atoms with Crippen molar-refractivity contribution in [2.75, 3.05) is 11.5 Å². The summed E-state index contributed by atoms with van der Waals surface area (Å²) >= 11 is 0. The minimum absolute atomic E-state index is 0.000875. The number of ether oxygens (including phenoxy) is 1. The van der Waals surface area contributed by atoms with Gasteiger partial charge >= 0.3 is 0 Å². The summed E-state index contributed by atoms with van der Waals surface area (Å²) in [7, 11) is 0. The molecule has 2 amide bonds. The van der Waals surface area contributed by atoms with Gasteiger partial charge in [0.05, 0.1) is 30.2 Å². The average Bonchev–Trinajstić information content (AvgIpc) is 3.42. The Hall–Kier alpha value is -3.18. The molecule has 188 valence electrons. The molecule has 5 nitrogen and oxygen atoms in total. The first-order valence-corrected chi connectivity index (χ1v) is 13.3. The first-order valence-electron chi connectivity index (χ1n) is 13.3. The lowest BCUT2D eigenvalue weighted by Gasteiger charge is -2.32. The number of nitrogens with zero attached hydrogens (tertiary/aromatic N) is 1. The van der Waals surface area contributed by atoms with E-state index in [0.717, 1.165) is 37.7 Å². The highest BCUT2D eigenvalue weighted by atomic mass is 16.5. The Morgan fingerprint density at radius 3 is 2.47 bits per heavy atom. The molecule has 0 unspecified atom stereocenters. The SMILES string of the molecule is CCCC1=C2[C@@H](CC/C(=C/c3ccc(O)cc3)CC)OC[C@@H]2[C@@H]2C(=O)N(c3ccccc3)C(=O)[C@@H]2C1. The minimum atomic E-state index is -0.323. The maximum absolute atomic E-state index is 13.6. The molecule has 2 heterocycles. The number of rotatable bonds is 8. The molecule has 2 fully saturated rings. The number of carbonyl (C=O) groups excluding carboxylic acids is 2. The summed E-state index contributed by atoms with van der Waals surface area (Å²) in [5.74, 6) is -0.469. The van der Waals surface area contributed by atoms with Crippen molar-refractivity contribution in [1.29, 1.82) is 0 Å². The van der Waals surface area contributed by atoms with Gasteiger partial charge in [0, 0.05) is 5.92 Å². The first kappa shape index (κ1) is 24.5. The van der Waals surface area contributed by atoms with Crippen LogP contribution in [0.15, 0.2) is 71.3 Å². The van der Waals surface area contributed by atoms with Crippen molar-refractivity contribution in [2.45, 2.75) is 58.5 Å². The molecule has 1 aliphatic carbocycles. The Morgan fingerprint density at radius 2 is 1.78 bits per heavy atom. The van der Waals surface area contributed by atoms with E-state index in [4.69, 9.17) is 4.74 Å². The molecule has 0 radical (unpaired) electrons. The zero-order valence-electron chi connectivity index (χ0n) is 21.2. The third-order valence-electron chi connectivity index (χ3n) is 8.02. The van der Waals surface area contributed by atoms with Crippen LogP contribution in [0.2, 0.25) is 0 Å². The Kier molecular flexibility index (Phi) is 7.10. The Bertz CT molecular complexity index is 1180. The van der Waals surface area contributed by atoms with E-state index in [0.29, 0.717) is 18.7 Å². The molecule has 2 aromatic rings. The molecule has 0 aromatic heterocycles. The molecular weight excluding hydrogens is 450 g/mol. The standard InChI is InChI=1S/C31H35NO4/c1-3-8-22-18-25-29(31(35)32(30(25)34)23-9-6-5-7-10-23)26-19-36-27(28(22)26)16-13-20(4-2)17-21-11-14-24(33)15-12-21/h5-7,9-12,14-15,17,25-27,29,33H,3-4,8,13,16,18-19H2,1-2H3/b20-17+/t25-,26+,27-,29-/m1/s1. The molecule has 0 spiro atoms. The number of amides is 2. The van der Waals surface area contributed by atoms with E-state index in [2.05, 4.69) is 19.9 Å². The highest BCUT2D eigenvalue weighted by Crippen LogP contribution is 2.51. The largest absolute Gasteiger partial charge is 0.508 e. The van der Waals surface area contributed by atoms with Crippen molar-refractivity contribution < 1.29 is 19.4 Å². The topological polar surface area (TPSA) is 66.8 Å². The molecule has 5 heteroatoms. The molecule has 5 rings (SSSR count). The third kappa shape index (κ3) is 4.53. The molecule has 4 atom stereocenters. The van der Waals surface area contributed by atoms with E-state index >= 15 is 0 Å². The van der Waals surface area contributed by atoms with Gasteiger partial charge in [-0.15, -0.1) is 0 Å². The molecule has 2 saturated heterocycles. The quantitative estimate of drug-likeness (QED) is 0.353. The zero-order chi connectivity index (χ0) is 25.2. The van der Waals surface area contributed by atoms with Gasteiger partial charge in [0.25, 0.3) is 0 Å². The number of para-hydroxylation sites is 1. The monoisotopic (exact) mass is 485 g/mol. The van der Waals surface area contributed by atoms with Crippen LogP contribution in [0, 0.1) is 17.8 Å². The van der Waals surface area contributed by atoms with Gasteiger partial charge in [-0.3, -0.25) is 14.5 Å². The van der Waals surface area contributed by atoms with E-state index in [-0.39, 0.29) is 41.4 Å². The Labute approximate surface area is 213 Å². The van der Waals surface area contributed by atoms with Crippen LogP contribution in [0.5, 0.6) is 5.75 Å². The highest BCUT2D eigenvalue weighted by molar-refractivity contribution is 6.22. The van der Waals surface area contributed by atoms with E-state index in [1.54, 1.807) is 12.1 Å². The third-order valence-corrected chi connectivity index (χ3v) is 8.02. The molecule has 2 aliphatic heterocycles. The molecule has 36 heavy (non-hydrogen) atoms. The van der Waals surface area contributed by atoms with E-state index < -0.39 is 0 Å².